The lowest BCUT2D eigenvalue weighted by molar-refractivity contribution is -0.400. The Kier molecular flexibility index (Phi) is 3.00. The van der Waals surface area contributed by atoms with Gasteiger partial charge in [-0.25, -0.2) is 0 Å². The smallest absolute Gasteiger partial charge is 0.235 e. The number of pyridine rings is 1. The zero-order chi connectivity index (χ0) is 12.3. The number of rotatable bonds is 3. The Morgan fingerprint density at radius 2 is 2.24 bits per heavy atom. The van der Waals surface area contributed by atoms with Crippen molar-refractivity contribution in [1.82, 2.24) is 4.98 Å². The molecule has 0 spiro atoms. The molecule has 0 saturated heterocycles. The lowest BCUT2D eigenvalue weighted by Gasteiger charge is -2.06. The molecule has 2 aromatic rings. The highest BCUT2D eigenvalue weighted by Crippen LogP contribution is 2.27. The van der Waals surface area contributed by atoms with Gasteiger partial charge < -0.3 is 4.74 Å². The monoisotopic (exact) mass is 230 g/mol. The summed E-state index contributed by atoms with van der Waals surface area (Å²) in [6.45, 7) is 0. The minimum absolute atomic E-state index is 0.513. The van der Waals surface area contributed by atoms with Crippen molar-refractivity contribution in [1.29, 1.82) is 0 Å². The fraction of sp³-hybridized carbons (Fsp3) is 0.0833. The first-order chi connectivity index (χ1) is 8.22. The first-order valence-corrected chi connectivity index (χ1v) is 4.96. The maximum atomic E-state index is 10.4. The van der Waals surface area contributed by atoms with E-state index in [4.69, 9.17) is 4.74 Å². The number of hydrogen-bond donors (Lipinski definition) is 0. The van der Waals surface area contributed by atoms with Crippen molar-refractivity contribution >= 4 is 17.0 Å². The predicted molar refractivity (Wildman–Crippen MR) is 64.3 cm³/mol. The first kappa shape index (κ1) is 11.1. The summed E-state index contributed by atoms with van der Waals surface area (Å²) < 4.78 is 5.17. The van der Waals surface area contributed by atoms with Gasteiger partial charge in [-0.05, 0) is 18.2 Å². The second-order valence-electron chi connectivity index (χ2n) is 3.36. The predicted octanol–water partition coefficient (Wildman–Crippen LogP) is 2.49. The van der Waals surface area contributed by atoms with E-state index in [0.29, 0.717) is 16.8 Å². The van der Waals surface area contributed by atoms with Gasteiger partial charge in [-0.2, -0.15) is 0 Å². The van der Waals surface area contributed by atoms with Gasteiger partial charge in [0.15, 0.2) is 0 Å². The molecule has 2 rings (SSSR count). The zero-order valence-corrected chi connectivity index (χ0v) is 9.16. The largest absolute Gasteiger partial charge is 0.496 e. The van der Waals surface area contributed by atoms with Crippen molar-refractivity contribution in [3.63, 3.8) is 0 Å². The van der Waals surface area contributed by atoms with Crippen molar-refractivity contribution < 1.29 is 9.66 Å². The molecule has 5 nitrogen and oxygen atoms in total. The average molecular weight is 230 g/mol. The molecule has 5 heteroatoms. The summed E-state index contributed by atoms with van der Waals surface area (Å²) in [6, 6.07) is 7.34. The van der Waals surface area contributed by atoms with Crippen LogP contribution in [0.25, 0.3) is 17.0 Å². The maximum Gasteiger partial charge on any atom is 0.235 e. The van der Waals surface area contributed by atoms with Crippen LogP contribution in [0.1, 0.15) is 5.56 Å². The van der Waals surface area contributed by atoms with Crippen molar-refractivity contribution in [2.24, 2.45) is 0 Å². The summed E-state index contributed by atoms with van der Waals surface area (Å²) in [5.41, 5.74) is 1.30. The van der Waals surface area contributed by atoms with E-state index in [0.717, 1.165) is 11.6 Å². The summed E-state index contributed by atoms with van der Waals surface area (Å²) in [4.78, 5) is 14.1. The minimum atomic E-state index is -0.513. The van der Waals surface area contributed by atoms with Crippen molar-refractivity contribution in [2.75, 3.05) is 7.11 Å². The average Bonchev–Trinajstić information content (AvgIpc) is 2.35. The molecule has 0 radical (unpaired) electrons. The van der Waals surface area contributed by atoms with E-state index in [2.05, 4.69) is 4.98 Å². The van der Waals surface area contributed by atoms with Crippen LogP contribution in [0.2, 0.25) is 0 Å². The molecule has 0 unspecified atom stereocenters. The fourth-order valence-electron chi connectivity index (χ4n) is 1.62. The van der Waals surface area contributed by atoms with Crippen LogP contribution in [0.3, 0.4) is 0 Å². The third-order valence-corrected chi connectivity index (χ3v) is 2.36. The standard InChI is InChI=1S/C12H10N2O3/c1-17-11-5-4-9-3-2-7-13-12(9)10(11)6-8-14(15)16/h2-8H,1H3/b8-6+. The number of methoxy groups -OCH3 is 1. The maximum absolute atomic E-state index is 10.4. The lowest BCUT2D eigenvalue weighted by Crippen LogP contribution is -1.91. The highest BCUT2D eigenvalue weighted by atomic mass is 16.6. The molecule has 1 aromatic carbocycles. The van der Waals surface area contributed by atoms with Crippen LogP contribution >= 0.6 is 0 Å². The number of fused-ring (bicyclic) bond motifs is 1. The normalized spacial score (nSPS) is 10.9. The fourth-order valence-corrected chi connectivity index (χ4v) is 1.62. The number of aromatic nitrogens is 1. The molecule has 0 N–H and O–H groups in total. The zero-order valence-electron chi connectivity index (χ0n) is 9.16. The van der Waals surface area contributed by atoms with Gasteiger partial charge in [-0.15, -0.1) is 0 Å². The summed E-state index contributed by atoms with van der Waals surface area (Å²) in [5, 5.41) is 11.3. The Hall–Kier alpha value is -2.43. The van der Waals surface area contributed by atoms with Crippen molar-refractivity contribution in [3.8, 4) is 5.75 Å². The number of benzene rings is 1. The van der Waals surface area contributed by atoms with Gasteiger partial charge in [0.1, 0.15) is 5.75 Å². The van der Waals surface area contributed by atoms with Gasteiger partial charge in [0.2, 0.25) is 6.20 Å². The van der Waals surface area contributed by atoms with E-state index in [-0.39, 0.29) is 0 Å². The quantitative estimate of drug-likeness (QED) is 0.600. The SMILES string of the molecule is COc1ccc2cccnc2c1/C=C/[N+](=O)[O-]. The topological polar surface area (TPSA) is 65.3 Å². The number of nitro groups is 1. The molecule has 0 amide bonds. The summed E-state index contributed by atoms with van der Waals surface area (Å²) in [6.07, 6.45) is 3.92. The highest BCUT2D eigenvalue weighted by molar-refractivity contribution is 5.89. The Morgan fingerprint density at radius 3 is 2.94 bits per heavy atom. The number of nitrogens with zero attached hydrogens (tertiary/aromatic N) is 2. The number of ether oxygens (including phenoxy) is 1. The highest BCUT2D eigenvalue weighted by Gasteiger charge is 2.07. The van der Waals surface area contributed by atoms with E-state index in [9.17, 15) is 10.1 Å². The van der Waals surface area contributed by atoms with Crippen LogP contribution in [0, 0.1) is 10.1 Å². The minimum Gasteiger partial charge on any atom is -0.496 e. The third-order valence-electron chi connectivity index (χ3n) is 2.36. The number of hydrogen-bond acceptors (Lipinski definition) is 4. The molecule has 1 heterocycles. The van der Waals surface area contributed by atoms with E-state index in [1.807, 2.05) is 18.2 Å². The summed E-state index contributed by atoms with van der Waals surface area (Å²) in [7, 11) is 1.52. The molecule has 0 saturated carbocycles. The molecule has 0 aliphatic heterocycles. The van der Waals surface area contributed by atoms with E-state index in [1.165, 1.54) is 13.2 Å². The van der Waals surface area contributed by atoms with Gasteiger partial charge in [-0.1, -0.05) is 6.07 Å². The summed E-state index contributed by atoms with van der Waals surface area (Å²) in [5.74, 6) is 0.564. The molecular formula is C12H10N2O3. The molecule has 0 aliphatic carbocycles. The molecule has 0 bridgehead atoms. The molecule has 1 aromatic heterocycles. The van der Waals surface area contributed by atoms with Crippen LogP contribution in [0.15, 0.2) is 36.7 Å². The van der Waals surface area contributed by atoms with Crippen LogP contribution < -0.4 is 4.74 Å². The Labute approximate surface area is 97.5 Å². The molecule has 17 heavy (non-hydrogen) atoms. The van der Waals surface area contributed by atoms with Crippen LogP contribution in [-0.4, -0.2) is 17.0 Å². The Bertz CT molecular complexity index is 593. The van der Waals surface area contributed by atoms with Crippen LogP contribution in [-0.2, 0) is 0 Å². The molecule has 0 atom stereocenters. The van der Waals surface area contributed by atoms with Gasteiger partial charge in [0.25, 0.3) is 0 Å². The second-order valence-corrected chi connectivity index (χ2v) is 3.36. The molecule has 0 fully saturated rings. The van der Waals surface area contributed by atoms with Gasteiger partial charge in [0, 0.05) is 23.2 Å². The lowest BCUT2D eigenvalue weighted by atomic mass is 10.1. The van der Waals surface area contributed by atoms with Gasteiger partial charge >= 0.3 is 0 Å². The Morgan fingerprint density at radius 1 is 1.41 bits per heavy atom. The van der Waals surface area contributed by atoms with Crippen LogP contribution in [0.4, 0.5) is 0 Å². The van der Waals surface area contributed by atoms with Gasteiger partial charge in [-0.3, -0.25) is 15.1 Å². The van der Waals surface area contributed by atoms with E-state index >= 15 is 0 Å². The first-order valence-electron chi connectivity index (χ1n) is 4.96. The van der Waals surface area contributed by atoms with Crippen LogP contribution in [0.5, 0.6) is 5.75 Å². The Balaban J connectivity index is 2.67. The second kappa shape index (κ2) is 4.61. The summed E-state index contributed by atoms with van der Waals surface area (Å²) >= 11 is 0. The van der Waals surface area contributed by atoms with Crippen molar-refractivity contribution in [2.45, 2.75) is 0 Å². The molecule has 0 aliphatic rings. The molecule has 86 valence electrons. The van der Waals surface area contributed by atoms with Gasteiger partial charge in [0.05, 0.1) is 17.5 Å². The van der Waals surface area contributed by atoms with E-state index < -0.39 is 4.92 Å². The molecular weight excluding hydrogens is 220 g/mol. The third kappa shape index (κ3) is 2.23. The van der Waals surface area contributed by atoms with E-state index in [1.54, 1.807) is 12.3 Å². The van der Waals surface area contributed by atoms with Crippen molar-refractivity contribution in [3.05, 3.63) is 52.3 Å².